The average molecular weight is 342 g/mol. The van der Waals surface area contributed by atoms with Crippen LogP contribution in [-0.2, 0) is 6.54 Å². The van der Waals surface area contributed by atoms with Gasteiger partial charge in [0.25, 0.3) is 0 Å². The molecule has 1 fully saturated rings. The second kappa shape index (κ2) is 7.49. The lowest BCUT2D eigenvalue weighted by atomic mass is 10.0. The van der Waals surface area contributed by atoms with Gasteiger partial charge in [-0.2, -0.15) is 0 Å². The lowest BCUT2D eigenvalue weighted by Gasteiger charge is -2.26. The molecule has 0 spiro atoms. The Bertz CT molecular complexity index is 704. The van der Waals surface area contributed by atoms with Gasteiger partial charge in [0.1, 0.15) is 0 Å². The Kier molecular flexibility index (Phi) is 5.36. The van der Waals surface area contributed by atoms with Crippen molar-refractivity contribution in [3.8, 4) is 0 Å². The topological polar surface area (TPSA) is 41.3 Å². The number of nitrogens with two attached hydrogens (primary N) is 1. The summed E-state index contributed by atoms with van der Waals surface area (Å²) in [4.78, 5) is 3.74. The monoisotopic (exact) mass is 341 g/mol. The smallest absolute Gasteiger partial charge is 0.0522 e. The third-order valence-corrected chi connectivity index (χ3v) is 5.60. The molecule has 3 nitrogen and oxygen atoms in total. The van der Waals surface area contributed by atoms with Crippen LogP contribution in [0.5, 0.6) is 0 Å². The Morgan fingerprint density at radius 3 is 2.33 bits per heavy atom. The zero-order chi connectivity index (χ0) is 17.1. The van der Waals surface area contributed by atoms with Crippen molar-refractivity contribution in [2.45, 2.75) is 45.1 Å². The van der Waals surface area contributed by atoms with Crippen molar-refractivity contribution in [3.63, 3.8) is 0 Å². The molecule has 0 aliphatic carbocycles. The molecule has 2 aromatic rings. The second-order valence-corrected chi connectivity index (χ2v) is 7.48. The number of anilines is 2. The van der Waals surface area contributed by atoms with Crippen LogP contribution in [0.4, 0.5) is 11.4 Å². The molecule has 1 aliphatic heterocycles. The Labute approximate surface area is 149 Å². The Morgan fingerprint density at radius 2 is 1.71 bits per heavy atom. The van der Waals surface area contributed by atoms with Crippen LogP contribution in [0.1, 0.15) is 35.1 Å². The summed E-state index contributed by atoms with van der Waals surface area (Å²) in [5.41, 5.74) is 13.5. The summed E-state index contributed by atoms with van der Waals surface area (Å²) < 4.78 is 3.58. The molecule has 4 heteroatoms. The van der Waals surface area contributed by atoms with Crippen LogP contribution >= 0.6 is 11.9 Å². The molecule has 3 rings (SSSR count). The summed E-state index contributed by atoms with van der Waals surface area (Å²) >= 11 is 1.67. The fourth-order valence-electron chi connectivity index (χ4n) is 3.56. The van der Waals surface area contributed by atoms with E-state index in [1.165, 1.54) is 64.5 Å². The van der Waals surface area contributed by atoms with Gasteiger partial charge in [0, 0.05) is 30.2 Å². The zero-order valence-corrected chi connectivity index (χ0v) is 15.7. The molecule has 0 radical (unpaired) electrons. The third-order valence-electron chi connectivity index (χ3n) is 4.78. The van der Waals surface area contributed by atoms with E-state index in [0.29, 0.717) is 6.54 Å². The largest absolute Gasteiger partial charge is 0.371 e. The molecule has 0 atom stereocenters. The van der Waals surface area contributed by atoms with Crippen molar-refractivity contribution in [1.82, 2.24) is 0 Å². The highest BCUT2D eigenvalue weighted by molar-refractivity contribution is 8.00. The zero-order valence-electron chi connectivity index (χ0n) is 14.9. The molecule has 24 heavy (non-hydrogen) atoms. The molecule has 3 N–H and O–H groups in total. The first-order valence-electron chi connectivity index (χ1n) is 8.67. The summed E-state index contributed by atoms with van der Waals surface area (Å²) in [7, 11) is 0. The minimum absolute atomic E-state index is 0.591. The lowest BCUT2D eigenvalue weighted by molar-refractivity contribution is 0.949. The summed E-state index contributed by atoms with van der Waals surface area (Å²) in [6, 6.07) is 10.7. The molecule has 1 saturated heterocycles. The molecule has 0 bridgehead atoms. The number of benzene rings is 2. The first-order valence-corrected chi connectivity index (χ1v) is 9.49. The maximum atomic E-state index is 5.67. The molecule has 2 aromatic carbocycles. The van der Waals surface area contributed by atoms with E-state index in [-0.39, 0.29) is 0 Å². The number of hydrogen-bond donors (Lipinski definition) is 2. The first-order chi connectivity index (χ1) is 11.6. The second-order valence-electron chi connectivity index (χ2n) is 6.61. The van der Waals surface area contributed by atoms with Crippen LogP contribution in [0.25, 0.3) is 0 Å². The number of aryl methyl sites for hydroxylation is 2. The fraction of sp³-hybridized carbons (Fsp3) is 0.400. The minimum Gasteiger partial charge on any atom is -0.371 e. The van der Waals surface area contributed by atoms with Crippen molar-refractivity contribution >= 4 is 23.3 Å². The van der Waals surface area contributed by atoms with Gasteiger partial charge in [0.05, 0.1) is 5.69 Å². The van der Waals surface area contributed by atoms with Gasteiger partial charge >= 0.3 is 0 Å². The molecular weight excluding hydrogens is 314 g/mol. The van der Waals surface area contributed by atoms with Crippen LogP contribution in [0.15, 0.2) is 35.2 Å². The van der Waals surface area contributed by atoms with Gasteiger partial charge < -0.3 is 15.4 Å². The number of nitrogens with one attached hydrogen (secondary N) is 1. The minimum atomic E-state index is 0.591. The highest BCUT2D eigenvalue weighted by atomic mass is 32.2. The van der Waals surface area contributed by atoms with Crippen molar-refractivity contribution in [2.24, 2.45) is 5.73 Å². The molecule has 0 aromatic heterocycles. The summed E-state index contributed by atoms with van der Waals surface area (Å²) in [5, 5.41) is 0. The van der Waals surface area contributed by atoms with Gasteiger partial charge in [0.15, 0.2) is 0 Å². The van der Waals surface area contributed by atoms with Crippen LogP contribution < -0.4 is 15.4 Å². The lowest BCUT2D eigenvalue weighted by Crippen LogP contribution is -2.20. The van der Waals surface area contributed by atoms with E-state index in [0.717, 1.165) is 0 Å². The molecule has 0 amide bonds. The van der Waals surface area contributed by atoms with Gasteiger partial charge in [-0.3, -0.25) is 0 Å². The van der Waals surface area contributed by atoms with Crippen LogP contribution in [0, 0.1) is 20.8 Å². The van der Waals surface area contributed by atoms with E-state index < -0.39 is 0 Å². The van der Waals surface area contributed by atoms with E-state index in [4.69, 9.17) is 5.73 Å². The van der Waals surface area contributed by atoms with Crippen molar-refractivity contribution in [3.05, 3.63) is 52.6 Å². The number of hydrogen-bond acceptors (Lipinski definition) is 4. The summed E-state index contributed by atoms with van der Waals surface area (Å²) in [5.74, 6) is 0. The van der Waals surface area contributed by atoms with Crippen LogP contribution in [0.3, 0.4) is 0 Å². The number of rotatable bonds is 5. The Morgan fingerprint density at radius 1 is 1.04 bits per heavy atom. The third kappa shape index (κ3) is 3.55. The van der Waals surface area contributed by atoms with Crippen LogP contribution in [-0.4, -0.2) is 13.1 Å². The molecule has 128 valence electrons. The maximum absolute atomic E-state index is 5.67. The first kappa shape index (κ1) is 17.2. The average Bonchev–Trinajstić information content (AvgIpc) is 3.09. The molecule has 1 aliphatic rings. The normalized spacial score (nSPS) is 14.2. The highest BCUT2D eigenvalue weighted by Crippen LogP contribution is 2.37. The summed E-state index contributed by atoms with van der Waals surface area (Å²) in [6.07, 6.45) is 2.61. The quantitative estimate of drug-likeness (QED) is 0.767. The van der Waals surface area contributed by atoms with E-state index in [1.807, 2.05) is 0 Å². The Balaban J connectivity index is 1.82. The predicted molar refractivity (Wildman–Crippen MR) is 106 cm³/mol. The SMILES string of the molecule is Cc1cc(C)c(N2CCCC2)c(C)c1NSc1ccc(CN)cc1. The Hall–Kier alpha value is -1.65. The predicted octanol–water partition coefficient (Wildman–Crippen LogP) is 4.79. The number of nitrogens with zero attached hydrogens (tertiary/aromatic N) is 1. The van der Waals surface area contributed by atoms with E-state index in [1.54, 1.807) is 11.9 Å². The molecule has 0 unspecified atom stereocenters. The van der Waals surface area contributed by atoms with E-state index in [2.05, 4.69) is 60.7 Å². The van der Waals surface area contributed by atoms with Gasteiger partial charge in [-0.1, -0.05) is 18.2 Å². The molecular formula is C20H27N3S. The maximum Gasteiger partial charge on any atom is 0.0522 e. The van der Waals surface area contributed by atoms with Crippen molar-refractivity contribution < 1.29 is 0 Å². The van der Waals surface area contributed by atoms with Gasteiger partial charge in [-0.25, -0.2) is 0 Å². The van der Waals surface area contributed by atoms with Crippen molar-refractivity contribution in [1.29, 1.82) is 0 Å². The standard InChI is InChI=1S/C20H27N3S/c1-14-12-15(2)20(23-10-4-5-11-23)16(3)19(14)22-24-18-8-6-17(13-21)7-9-18/h6-9,12,22H,4-5,10-11,13,21H2,1-3H3. The molecule has 1 heterocycles. The van der Waals surface area contributed by atoms with Gasteiger partial charge in [-0.05, 0) is 79.9 Å². The van der Waals surface area contributed by atoms with Gasteiger partial charge in [-0.15, -0.1) is 0 Å². The summed E-state index contributed by atoms with van der Waals surface area (Å²) in [6.45, 7) is 9.61. The highest BCUT2D eigenvalue weighted by Gasteiger charge is 2.19. The molecule has 0 saturated carbocycles. The van der Waals surface area contributed by atoms with E-state index in [9.17, 15) is 0 Å². The van der Waals surface area contributed by atoms with E-state index >= 15 is 0 Å². The van der Waals surface area contributed by atoms with Crippen LogP contribution in [0.2, 0.25) is 0 Å². The fourth-order valence-corrected chi connectivity index (χ4v) is 4.37. The van der Waals surface area contributed by atoms with Gasteiger partial charge in [0.2, 0.25) is 0 Å². The van der Waals surface area contributed by atoms with Crippen molar-refractivity contribution in [2.75, 3.05) is 22.7 Å².